The Morgan fingerprint density at radius 2 is 2.17 bits per heavy atom. The number of aliphatic hydroxyl groups is 1. The lowest BCUT2D eigenvalue weighted by Crippen LogP contribution is -1.96. The second-order valence-corrected chi connectivity index (χ2v) is 6.75. The molecule has 0 bridgehead atoms. The van der Waals surface area contributed by atoms with Crippen molar-refractivity contribution in [3.63, 3.8) is 0 Å². The lowest BCUT2D eigenvalue weighted by atomic mass is 10.2. The number of thiazole rings is 1. The molecule has 1 aromatic carbocycles. The van der Waals surface area contributed by atoms with E-state index in [2.05, 4.69) is 34.2 Å². The van der Waals surface area contributed by atoms with E-state index in [1.165, 1.54) is 0 Å². The smallest absolute Gasteiger partial charge is 0.173 e. The number of aromatic amines is 1. The van der Waals surface area contributed by atoms with E-state index in [-0.39, 0.29) is 6.61 Å². The SMILES string of the molecule is CC(C)c1csc(-c2nccn2-c2ccc3nc(CO)[nH]c3c2)n1. The molecule has 6 nitrogen and oxygen atoms in total. The van der Waals surface area contributed by atoms with Crippen LogP contribution in [0.1, 0.15) is 31.3 Å². The molecule has 24 heavy (non-hydrogen) atoms. The van der Waals surface area contributed by atoms with Crippen molar-refractivity contribution in [1.82, 2.24) is 24.5 Å². The number of fused-ring (bicyclic) bond motifs is 1. The third-order valence-electron chi connectivity index (χ3n) is 3.89. The van der Waals surface area contributed by atoms with Gasteiger partial charge in [-0.15, -0.1) is 11.3 Å². The van der Waals surface area contributed by atoms with Crippen molar-refractivity contribution in [2.24, 2.45) is 0 Å². The molecule has 0 saturated heterocycles. The van der Waals surface area contributed by atoms with Crippen LogP contribution in [0.15, 0.2) is 36.0 Å². The van der Waals surface area contributed by atoms with Gasteiger partial charge in [-0.2, -0.15) is 0 Å². The minimum atomic E-state index is -0.0998. The van der Waals surface area contributed by atoms with Crippen LogP contribution in [0, 0.1) is 0 Å². The maximum atomic E-state index is 9.22. The van der Waals surface area contributed by atoms with Gasteiger partial charge in [-0.1, -0.05) is 13.8 Å². The van der Waals surface area contributed by atoms with E-state index in [1.807, 2.05) is 29.0 Å². The summed E-state index contributed by atoms with van der Waals surface area (Å²) in [5.41, 5.74) is 3.78. The molecule has 0 radical (unpaired) electrons. The van der Waals surface area contributed by atoms with Crippen LogP contribution in [0.2, 0.25) is 0 Å². The predicted octanol–water partition coefficient (Wildman–Crippen LogP) is 3.49. The van der Waals surface area contributed by atoms with Crippen LogP contribution in [-0.2, 0) is 6.61 Å². The number of nitrogens with zero attached hydrogens (tertiary/aromatic N) is 4. The maximum Gasteiger partial charge on any atom is 0.173 e. The van der Waals surface area contributed by atoms with Gasteiger partial charge >= 0.3 is 0 Å². The highest BCUT2D eigenvalue weighted by molar-refractivity contribution is 7.13. The number of H-pyrrole nitrogens is 1. The standard InChI is InChI=1S/C17H17N5OS/c1-10(2)14-9-24-17(21-14)16-18-5-6-22(16)11-3-4-12-13(7-11)20-15(8-23)19-12/h3-7,9-10,23H,8H2,1-2H3,(H,19,20). The first-order valence-corrected chi connectivity index (χ1v) is 8.62. The normalized spacial score (nSPS) is 11.7. The Hall–Kier alpha value is -2.51. The van der Waals surface area contributed by atoms with Crippen LogP contribution in [-0.4, -0.2) is 29.6 Å². The average Bonchev–Trinajstić information content (AvgIpc) is 3.30. The lowest BCUT2D eigenvalue weighted by Gasteiger charge is -2.06. The molecule has 122 valence electrons. The van der Waals surface area contributed by atoms with E-state index >= 15 is 0 Å². The monoisotopic (exact) mass is 339 g/mol. The molecule has 0 saturated carbocycles. The fraction of sp³-hybridized carbons (Fsp3) is 0.235. The predicted molar refractivity (Wildman–Crippen MR) is 94.3 cm³/mol. The zero-order valence-electron chi connectivity index (χ0n) is 13.4. The quantitative estimate of drug-likeness (QED) is 0.596. The number of hydrogen-bond donors (Lipinski definition) is 2. The van der Waals surface area contributed by atoms with Gasteiger partial charge in [-0.05, 0) is 24.1 Å². The van der Waals surface area contributed by atoms with E-state index in [0.717, 1.165) is 33.2 Å². The second kappa shape index (κ2) is 5.85. The summed E-state index contributed by atoms with van der Waals surface area (Å²) in [6, 6.07) is 5.93. The van der Waals surface area contributed by atoms with Crippen molar-refractivity contribution in [2.45, 2.75) is 26.4 Å². The molecule has 0 spiro atoms. The summed E-state index contributed by atoms with van der Waals surface area (Å²) >= 11 is 1.61. The Morgan fingerprint density at radius 1 is 1.29 bits per heavy atom. The molecular formula is C17H17N5OS. The molecule has 0 unspecified atom stereocenters. The number of nitrogens with one attached hydrogen (secondary N) is 1. The zero-order valence-corrected chi connectivity index (χ0v) is 14.2. The Balaban J connectivity index is 1.78. The summed E-state index contributed by atoms with van der Waals surface area (Å²) in [6.45, 7) is 4.17. The zero-order chi connectivity index (χ0) is 16.7. The lowest BCUT2D eigenvalue weighted by molar-refractivity contribution is 0.273. The van der Waals surface area contributed by atoms with E-state index < -0.39 is 0 Å². The van der Waals surface area contributed by atoms with Gasteiger partial charge in [0.1, 0.15) is 12.4 Å². The average molecular weight is 339 g/mol. The van der Waals surface area contributed by atoms with Gasteiger partial charge in [0.25, 0.3) is 0 Å². The third-order valence-corrected chi connectivity index (χ3v) is 4.74. The van der Waals surface area contributed by atoms with Crippen LogP contribution < -0.4 is 0 Å². The van der Waals surface area contributed by atoms with Gasteiger partial charge in [0.05, 0.1) is 16.7 Å². The summed E-state index contributed by atoms with van der Waals surface area (Å²) in [5.74, 6) is 1.79. The number of aromatic nitrogens is 5. The summed E-state index contributed by atoms with van der Waals surface area (Å²) in [5, 5.41) is 12.2. The van der Waals surface area contributed by atoms with E-state index in [0.29, 0.717) is 11.7 Å². The molecule has 2 N–H and O–H groups in total. The Labute approximate surface area is 142 Å². The van der Waals surface area contributed by atoms with Crippen LogP contribution >= 0.6 is 11.3 Å². The van der Waals surface area contributed by atoms with Crippen LogP contribution in [0.3, 0.4) is 0 Å². The summed E-state index contributed by atoms with van der Waals surface area (Å²) in [6.07, 6.45) is 3.71. The van der Waals surface area contributed by atoms with Gasteiger partial charge in [0, 0.05) is 23.5 Å². The summed E-state index contributed by atoms with van der Waals surface area (Å²) in [7, 11) is 0. The molecule has 7 heteroatoms. The van der Waals surface area contributed by atoms with Crippen molar-refractivity contribution >= 4 is 22.4 Å². The fourth-order valence-electron chi connectivity index (χ4n) is 2.60. The third kappa shape index (κ3) is 2.51. The molecule has 0 fully saturated rings. The van der Waals surface area contributed by atoms with Crippen LogP contribution in [0.25, 0.3) is 27.6 Å². The molecule has 0 amide bonds. The van der Waals surface area contributed by atoms with Gasteiger partial charge in [-0.25, -0.2) is 15.0 Å². The Kier molecular flexibility index (Phi) is 3.66. The highest BCUT2D eigenvalue weighted by atomic mass is 32.1. The van der Waals surface area contributed by atoms with E-state index in [1.54, 1.807) is 17.5 Å². The van der Waals surface area contributed by atoms with E-state index in [9.17, 15) is 5.11 Å². The molecule has 4 aromatic rings. The number of benzene rings is 1. The molecule has 3 aromatic heterocycles. The Morgan fingerprint density at radius 3 is 2.92 bits per heavy atom. The number of hydrogen-bond acceptors (Lipinski definition) is 5. The molecule has 3 heterocycles. The summed E-state index contributed by atoms with van der Waals surface area (Å²) < 4.78 is 2.02. The highest BCUT2D eigenvalue weighted by Gasteiger charge is 2.14. The number of aliphatic hydroxyl groups excluding tert-OH is 1. The minimum Gasteiger partial charge on any atom is -0.388 e. The topological polar surface area (TPSA) is 79.6 Å². The first kappa shape index (κ1) is 15.0. The summed E-state index contributed by atoms with van der Waals surface area (Å²) in [4.78, 5) is 16.6. The molecule has 0 aliphatic rings. The second-order valence-electron chi connectivity index (χ2n) is 5.90. The first-order chi connectivity index (χ1) is 11.7. The maximum absolute atomic E-state index is 9.22. The first-order valence-electron chi connectivity index (χ1n) is 7.74. The molecule has 0 atom stereocenters. The highest BCUT2D eigenvalue weighted by Crippen LogP contribution is 2.28. The van der Waals surface area contributed by atoms with Crippen molar-refractivity contribution in [3.8, 4) is 16.5 Å². The Bertz CT molecular complexity index is 997. The molecule has 0 aliphatic heterocycles. The molecule has 0 aliphatic carbocycles. The largest absolute Gasteiger partial charge is 0.388 e. The van der Waals surface area contributed by atoms with Gasteiger partial charge < -0.3 is 10.1 Å². The van der Waals surface area contributed by atoms with Crippen LogP contribution in [0.5, 0.6) is 0 Å². The van der Waals surface area contributed by atoms with Crippen molar-refractivity contribution in [2.75, 3.05) is 0 Å². The van der Waals surface area contributed by atoms with Crippen LogP contribution in [0.4, 0.5) is 0 Å². The van der Waals surface area contributed by atoms with Gasteiger partial charge in [-0.3, -0.25) is 4.57 Å². The van der Waals surface area contributed by atoms with Crippen molar-refractivity contribution < 1.29 is 5.11 Å². The minimum absolute atomic E-state index is 0.0998. The molecule has 4 rings (SSSR count). The fourth-order valence-corrected chi connectivity index (χ4v) is 3.57. The van der Waals surface area contributed by atoms with Gasteiger partial charge in [0.15, 0.2) is 10.8 Å². The van der Waals surface area contributed by atoms with Crippen molar-refractivity contribution in [1.29, 1.82) is 0 Å². The number of rotatable bonds is 4. The van der Waals surface area contributed by atoms with Gasteiger partial charge in [0.2, 0.25) is 0 Å². The van der Waals surface area contributed by atoms with E-state index in [4.69, 9.17) is 4.98 Å². The molecular weight excluding hydrogens is 322 g/mol. The number of imidazole rings is 2. The van der Waals surface area contributed by atoms with Crippen molar-refractivity contribution in [3.05, 3.63) is 47.5 Å².